The molecule has 5 heteroatoms. The largest absolute Gasteiger partial charge is 0.489 e. The second-order valence-electron chi connectivity index (χ2n) is 10.4. The highest BCUT2D eigenvalue weighted by Gasteiger charge is 2.26. The van der Waals surface area contributed by atoms with Gasteiger partial charge in [-0.3, -0.25) is 0 Å². The summed E-state index contributed by atoms with van der Waals surface area (Å²) < 4.78 is 49.9. The van der Waals surface area contributed by atoms with E-state index in [9.17, 15) is 18.3 Å². The topological polar surface area (TPSA) is 29.5 Å². The zero-order chi connectivity index (χ0) is 25.7. The summed E-state index contributed by atoms with van der Waals surface area (Å²) in [6.07, 6.45) is 10.3. The molecule has 0 heterocycles. The molecule has 1 N–H and O–H groups in total. The maximum Gasteiger partial charge on any atom is 0.166 e. The molecule has 2 aromatic carbocycles. The summed E-state index contributed by atoms with van der Waals surface area (Å²) in [5.74, 6) is -0.417. The Hall–Kier alpha value is -2.53. The number of aliphatic hydroxyl groups is 1. The molecule has 1 fully saturated rings. The SMILES string of the molecule is C=CCOc1ccc(C2CCC(CCc3ccc(C4=CCC(C(C)O)CC4)c(F)c3F)CC2)c(F)c1. The molecular formula is C31H37F3O2. The Morgan fingerprint density at radius 1 is 1.06 bits per heavy atom. The van der Waals surface area contributed by atoms with Crippen molar-refractivity contribution in [1.82, 2.24) is 0 Å². The van der Waals surface area contributed by atoms with Gasteiger partial charge in [-0.15, -0.1) is 0 Å². The lowest BCUT2D eigenvalue weighted by molar-refractivity contribution is 0.120. The van der Waals surface area contributed by atoms with Crippen molar-refractivity contribution in [3.05, 3.63) is 83.2 Å². The van der Waals surface area contributed by atoms with Crippen molar-refractivity contribution in [3.63, 3.8) is 0 Å². The van der Waals surface area contributed by atoms with Crippen LogP contribution in [0.25, 0.3) is 5.57 Å². The maximum atomic E-state index is 14.9. The van der Waals surface area contributed by atoms with Crippen LogP contribution >= 0.6 is 0 Å². The Labute approximate surface area is 212 Å². The first-order chi connectivity index (χ1) is 17.4. The first-order valence-corrected chi connectivity index (χ1v) is 13.2. The summed E-state index contributed by atoms with van der Waals surface area (Å²) in [6, 6.07) is 8.52. The summed E-state index contributed by atoms with van der Waals surface area (Å²) in [5.41, 5.74) is 2.35. The second kappa shape index (κ2) is 12.1. The third-order valence-electron chi connectivity index (χ3n) is 8.09. The maximum absolute atomic E-state index is 14.9. The van der Waals surface area contributed by atoms with Gasteiger partial charge in [-0.25, -0.2) is 13.2 Å². The molecule has 2 aromatic rings. The molecule has 0 amide bonds. The molecule has 2 unspecified atom stereocenters. The molecule has 0 aromatic heterocycles. The summed E-state index contributed by atoms with van der Waals surface area (Å²) >= 11 is 0. The van der Waals surface area contributed by atoms with Crippen molar-refractivity contribution in [2.75, 3.05) is 6.61 Å². The molecule has 36 heavy (non-hydrogen) atoms. The highest BCUT2D eigenvalue weighted by molar-refractivity contribution is 5.67. The van der Waals surface area contributed by atoms with Crippen molar-refractivity contribution in [2.45, 2.75) is 76.7 Å². The minimum atomic E-state index is -0.756. The zero-order valence-corrected chi connectivity index (χ0v) is 21.1. The van der Waals surface area contributed by atoms with E-state index in [4.69, 9.17) is 4.74 Å². The number of ether oxygens (including phenoxy) is 1. The van der Waals surface area contributed by atoms with E-state index in [0.29, 0.717) is 48.7 Å². The fourth-order valence-electron chi connectivity index (χ4n) is 5.77. The molecule has 0 saturated heterocycles. The summed E-state index contributed by atoms with van der Waals surface area (Å²) in [7, 11) is 0. The molecule has 2 atom stereocenters. The molecule has 0 radical (unpaired) electrons. The predicted molar refractivity (Wildman–Crippen MR) is 138 cm³/mol. The van der Waals surface area contributed by atoms with Crippen LogP contribution in [-0.4, -0.2) is 17.8 Å². The van der Waals surface area contributed by atoms with Gasteiger partial charge in [-0.2, -0.15) is 0 Å². The lowest BCUT2D eigenvalue weighted by Gasteiger charge is -2.29. The van der Waals surface area contributed by atoms with Crippen LogP contribution in [0, 0.1) is 29.3 Å². The smallest absolute Gasteiger partial charge is 0.166 e. The Morgan fingerprint density at radius 2 is 1.83 bits per heavy atom. The normalized spacial score (nSPS) is 23.1. The molecule has 2 aliphatic rings. The standard InChI is InChI=1S/C31H37F3O2/c1-3-18-36-26-15-17-27(29(32)19-26)23-7-4-21(5-8-23)6-9-25-14-16-28(31(34)30(25)33)24-12-10-22(11-13-24)20(2)35/h3,12,14-17,19-23,35H,1,4-11,13,18H2,2H3. The van der Waals surface area contributed by atoms with Crippen molar-refractivity contribution in [1.29, 1.82) is 0 Å². The number of hydrogen-bond acceptors (Lipinski definition) is 2. The van der Waals surface area contributed by atoms with Crippen LogP contribution in [-0.2, 0) is 6.42 Å². The summed E-state index contributed by atoms with van der Waals surface area (Å²) in [4.78, 5) is 0. The van der Waals surface area contributed by atoms with Crippen LogP contribution in [0.15, 0.2) is 49.1 Å². The number of benzene rings is 2. The van der Waals surface area contributed by atoms with Crippen LogP contribution in [0.5, 0.6) is 5.75 Å². The lowest BCUT2D eigenvalue weighted by atomic mass is 9.76. The van der Waals surface area contributed by atoms with Gasteiger partial charge < -0.3 is 9.84 Å². The Bertz CT molecular complexity index is 1080. The molecule has 0 bridgehead atoms. The summed E-state index contributed by atoms with van der Waals surface area (Å²) in [6.45, 7) is 5.73. The number of aliphatic hydroxyl groups excluding tert-OH is 1. The molecule has 0 aliphatic heterocycles. The van der Waals surface area contributed by atoms with Gasteiger partial charge in [0.1, 0.15) is 18.2 Å². The van der Waals surface area contributed by atoms with Crippen molar-refractivity contribution in [2.24, 2.45) is 11.8 Å². The molecular weight excluding hydrogens is 461 g/mol. The van der Waals surface area contributed by atoms with E-state index in [1.54, 1.807) is 25.1 Å². The molecule has 4 rings (SSSR count). The van der Waals surface area contributed by atoms with Crippen LogP contribution in [0.3, 0.4) is 0 Å². The third kappa shape index (κ3) is 6.23. The van der Waals surface area contributed by atoms with Crippen LogP contribution in [0.1, 0.15) is 80.9 Å². The van der Waals surface area contributed by atoms with E-state index in [-0.39, 0.29) is 23.8 Å². The van der Waals surface area contributed by atoms with E-state index in [1.807, 2.05) is 18.2 Å². The van der Waals surface area contributed by atoms with Crippen molar-refractivity contribution in [3.8, 4) is 5.75 Å². The quantitative estimate of drug-likeness (QED) is 0.354. The highest BCUT2D eigenvalue weighted by atomic mass is 19.2. The van der Waals surface area contributed by atoms with Crippen LogP contribution in [0.2, 0.25) is 0 Å². The lowest BCUT2D eigenvalue weighted by Crippen LogP contribution is -2.18. The zero-order valence-electron chi connectivity index (χ0n) is 21.1. The van der Waals surface area contributed by atoms with Crippen molar-refractivity contribution < 1.29 is 23.0 Å². The van der Waals surface area contributed by atoms with Gasteiger partial charge >= 0.3 is 0 Å². The van der Waals surface area contributed by atoms with Gasteiger partial charge in [0.2, 0.25) is 0 Å². The number of halogens is 3. The van der Waals surface area contributed by atoms with Gasteiger partial charge in [0.15, 0.2) is 11.6 Å². The first kappa shape index (κ1) is 26.5. The molecule has 2 nitrogen and oxygen atoms in total. The molecule has 2 aliphatic carbocycles. The van der Waals surface area contributed by atoms with E-state index in [2.05, 4.69) is 6.58 Å². The van der Waals surface area contributed by atoms with Crippen LogP contribution in [0.4, 0.5) is 13.2 Å². The van der Waals surface area contributed by atoms with E-state index >= 15 is 0 Å². The Kier molecular flexibility index (Phi) is 8.95. The van der Waals surface area contributed by atoms with Crippen molar-refractivity contribution >= 4 is 5.57 Å². The fourth-order valence-corrected chi connectivity index (χ4v) is 5.77. The fraction of sp³-hybridized carbons (Fsp3) is 0.484. The first-order valence-electron chi connectivity index (χ1n) is 13.2. The average Bonchev–Trinajstić information content (AvgIpc) is 2.89. The van der Waals surface area contributed by atoms with E-state index < -0.39 is 11.6 Å². The minimum Gasteiger partial charge on any atom is -0.489 e. The van der Waals surface area contributed by atoms with E-state index in [1.165, 1.54) is 6.07 Å². The predicted octanol–water partition coefficient (Wildman–Crippen LogP) is 8.14. The van der Waals surface area contributed by atoms with Gasteiger partial charge in [0, 0.05) is 11.6 Å². The third-order valence-corrected chi connectivity index (χ3v) is 8.09. The molecule has 0 spiro atoms. The van der Waals surface area contributed by atoms with Crippen LogP contribution < -0.4 is 4.74 Å². The number of hydrogen-bond donors (Lipinski definition) is 1. The highest BCUT2D eigenvalue weighted by Crippen LogP contribution is 2.40. The molecule has 1 saturated carbocycles. The van der Waals surface area contributed by atoms with Gasteiger partial charge in [0.05, 0.1) is 6.10 Å². The Morgan fingerprint density at radius 3 is 2.47 bits per heavy atom. The Balaban J connectivity index is 1.31. The number of aryl methyl sites for hydroxylation is 1. The monoisotopic (exact) mass is 498 g/mol. The number of rotatable bonds is 9. The minimum absolute atomic E-state index is 0.181. The van der Waals surface area contributed by atoms with Gasteiger partial charge in [-0.1, -0.05) is 36.9 Å². The van der Waals surface area contributed by atoms with Gasteiger partial charge in [0.25, 0.3) is 0 Å². The van der Waals surface area contributed by atoms with Gasteiger partial charge in [-0.05, 0) is 105 Å². The summed E-state index contributed by atoms with van der Waals surface area (Å²) in [5, 5.41) is 9.77. The van der Waals surface area contributed by atoms with E-state index in [0.717, 1.165) is 49.7 Å². The number of allylic oxidation sites excluding steroid dienone is 2. The average molecular weight is 499 g/mol. The molecule has 194 valence electrons. The second-order valence-corrected chi connectivity index (χ2v) is 10.4.